The molecule has 7 heteroatoms. The van der Waals surface area contributed by atoms with E-state index in [1.165, 1.54) is 18.2 Å². The van der Waals surface area contributed by atoms with Gasteiger partial charge in [-0.2, -0.15) is 13.2 Å². The average molecular weight is 343 g/mol. The van der Waals surface area contributed by atoms with Gasteiger partial charge in [-0.1, -0.05) is 23.4 Å². The predicted molar refractivity (Wildman–Crippen MR) is 81.0 cm³/mol. The lowest BCUT2D eigenvalue weighted by atomic mass is 10.0. The third kappa shape index (κ3) is 3.80. The van der Waals surface area contributed by atoms with E-state index in [1.807, 2.05) is 0 Å². The second-order valence-electron chi connectivity index (χ2n) is 5.72. The van der Waals surface area contributed by atoms with Gasteiger partial charge in [-0.15, -0.1) is 0 Å². The summed E-state index contributed by atoms with van der Waals surface area (Å²) in [4.78, 5) is 13.0. The maximum atomic E-state index is 13.6. The van der Waals surface area contributed by atoms with Gasteiger partial charge in [0.1, 0.15) is 6.04 Å². The molecular formula is C16H14ClF3N2O. The fourth-order valence-electron chi connectivity index (χ4n) is 2.59. The van der Waals surface area contributed by atoms with Crippen molar-refractivity contribution in [3.63, 3.8) is 0 Å². The zero-order chi connectivity index (χ0) is 16.6. The van der Waals surface area contributed by atoms with Crippen LogP contribution >= 0.6 is 11.6 Å². The summed E-state index contributed by atoms with van der Waals surface area (Å²) in [5, 5.41) is 2.70. The molecule has 1 fully saturated rings. The van der Waals surface area contributed by atoms with Crippen LogP contribution in [-0.2, 0) is 4.79 Å². The van der Waals surface area contributed by atoms with Gasteiger partial charge >= 0.3 is 6.18 Å². The van der Waals surface area contributed by atoms with Gasteiger partial charge in [0.2, 0.25) is 5.91 Å². The summed E-state index contributed by atoms with van der Waals surface area (Å²) in [6, 6.07) is 2.19. The molecule has 1 heterocycles. The number of fused-ring (bicyclic) bond motifs is 1. The van der Waals surface area contributed by atoms with Crippen molar-refractivity contribution in [2.45, 2.75) is 25.1 Å². The number of rotatable bonds is 1. The highest BCUT2D eigenvalue weighted by Crippen LogP contribution is 2.42. The molecule has 0 aromatic heterocycles. The molecule has 1 aliphatic heterocycles. The average Bonchev–Trinajstić information content (AvgIpc) is 3.24. The van der Waals surface area contributed by atoms with Crippen LogP contribution in [0.2, 0.25) is 5.02 Å². The molecule has 0 radical (unpaired) electrons. The molecule has 0 spiro atoms. The summed E-state index contributed by atoms with van der Waals surface area (Å²) in [6.45, 7) is -0.476. The Balaban J connectivity index is 1.99. The van der Waals surface area contributed by atoms with Gasteiger partial charge in [0.25, 0.3) is 0 Å². The maximum Gasteiger partial charge on any atom is 0.408 e. The molecule has 3 rings (SSSR count). The normalized spacial score (nSPS) is 21.7. The summed E-state index contributed by atoms with van der Waals surface area (Å²) in [5.41, 5.74) is 0.0865. The topological polar surface area (TPSA) is 32.3 Å². The van der Waals surface area contributed by atoms with Gasteiger partial charge < -0.3 is 5.32 Å². The van der Waals surface area contributed by atoms with Crippen LogP contribution in [-0.4, -0.2) is 30.1 Å². The third-order valence-corrected chi connectivity index (χ3v) is 4.00. The van der Waals surface area contributed by atoms with E-state index in [2.05, 4.69) is 17.2 Å². The van der Waals surface area contributed by atoms with Crippen molar-refractivity contribution in [2.24, 2.45) is 5.92 Å². The van der Waals surface area contributed by atoms with Crippen molar-refractivity contribution in [2.75, 3.05) is 18.4 Å². The van der Waals surface area contributed by atoms with E-state index in [-0.39, 0.29) is 29.4 Å². The molecule has 1 amide bonds. The Morgan fingerprint density at radius 2 is 2.09 bits per heavy atom. The number of hydrogen-bond donors (Lipinski definition) is 1. The number of halogens is 4. The predicted octanol–water partition coefficient (Wildman–Crippen LogP) is 3.61. The summed E-state index contributed by atoms with van der Waals surface area (Å²) in [5.74, 6) is 5.51. The lowest BCUT2D eigenvalue weighted by Crippen LogP contribution is -2.40. The van der Waals surface area contributed by atoms with E-state index in [9.17, 15) is 18.0 Å². The Labute approximate surface area is 136 Å². The fourth-order valence-corrected chi connectivity index (χ4v) is 2.77. The molecule has 1 aliphatic carbocycles. The number of amides is 1. The third-order valence-electron chi connectivity index (χ3n) is 3.77. The minimum Gasteiger partial charge on any atom is -0.325 e. The quantitative estimate of drug-likeness (QED) is 0.791. The van der Waals surface area contributed by atoms with Crippen molar-refractivity contribution >= 4 is 23.2 Å². The lowest BCUT2D eigenvalue weighted by Gasteiger charge is -2.30. The number of hydrogen-bond acceptors (Lipinski definition) is 2. The Morgan fingerprint density at radius 3 is 2.74 bits per heavy atom. The summed E-state index contributed by atoms with van der Waals surface area (Å²) >= 11 is 5.86. The lowest BCUT2D eigenvalue weighted by molar-refractivity contribution is -0.184. The number of nitrogens with zero attached hydrogens (tertiary/aromatic N) is 1. The second kappa shape index (κ2) is 6.06. The van der Waals surface area contributed by atoms with Crippen LogP contribution in [0.1, 0.15) is 24.4 Å². The van der Waals surface area contributed by atoms with Gasteiger partial charge in [0.15, 0.2) is 0 Å². The summed E-state index contributed by atoms with van der Waals surface area (Å²) in [6.07, 6.45) is -2.55. The first-order valence-corrected chi connectivity index (χ1v) is 7.61. The van der Waals surface area contributed by atoms with Crippen molar-refractivity contribution < 1.29 is 18.0 Å². The van der Waals surface area contributed by atoms with E-state index in [0.717, 1.165) is 17.7 Å². The second-order valence-corrected chi connectivity index (χ2v) is 6.16. The van der Waals surface area contributed by atoms with Gasteiger partial charge in [-0.05, 0) is 31.0 Å². The molecule has 23 heavy (non-hydrogen) atoms. The molecule has 1 atom stereocenters. The van der Waals surface area contributed by atoms with Crippen molar-refractivity contribution in [1.82, 2.24) is 4.90 Å². The van der Waals surface area contributed by atoms with Crippen LogP contribution in [0.3, 0.4) is 0 Å². The Kier molecular flexibility index (Phi) is 4.26. The van der Waals surface area contributed by atoms with Crippen LogP contribution in [0.15, 0.2) is 18.2 Å². The monoisotopic (exact) mass is 342 g/mol. The van der Waals surface area contributed by atoms with E-state index >= 15 is 0 Å². The van der Waals surface area contributed by atoms with Crippen LogP contribution in [0, 0.1) is 17.8 Å². The van der Waals surface area contributed by atoms with E-state index in [1.54, 1.807) is 0 Å². The van der Waals surface area contributed by atoms with E-state index in [4.69, 9.17) is 11.6 Å². The maximum absolute atomic E-state index is 13.6. The highest BCUT2D eigenvalue weighted by molar-refractivity contribution is 6.30. The molecular weight excluding hydrogens is 329 g/mol. The highest BCUT2D eigenvalue weighted by Gasteiger charge is 2.47. The largest absolute Gasteiger partial charge is 0.408 e. The van der Waals surface area contributed by atoms with E-state index < -0.39 is 18.1 Å². The van der Waals surface area contributed by atoms with Crippen LogP contribution in [0.4, 0.5) is 18.9 Å². The molecule has 2 aliphatic rings. The SMILES string of the molecule is O=C1CN(CC#CC2CC2)C(C(F)(F)F)c2cc(Cl)ccc2N1. The van der Waals surface area contributed by atoms with Gasteiger partial charge in [0, 0.05) is 22.2 Å². The van der Waals surface area contributed by atoms with Crippen LogP contribution in [0.25, 0.3) is 0 Å². The zero-order valence-corrected chi connectivity index (χ0v) is 12.8. The Morgan fingerprint density at radius 1 is 1.35 bits per heavy atom. The van der Waals surface area contributed by atoms with Crippen molar-refractivity contribution in [1.29, 1.82) is 0 Å². The van der Waals surface area contributed by atoms with Crippen molar-refractivity contribution in [3.8, 4) is 11.8 Å². The zero-order valence-electron chi connectivity index (χ0n) is 12.1. The number of alkyl halides is 3. The molecule has 3 nitrogen and oxygen atoms in total. The van der Waals surface area contributed by atoms with Crippen molar-refractivity contribution in [3.05, 3.63) is 28.8 Å². The number of nitrogens with one attached hydrogen (secondary N) is 1. The minimum absolute atomic E-state index is 0.0518. The number of carbonyl (C=O) groups excluding carboxylic acids is 1. The molecule has 1 aromatic rings. The van der Waals surface area contributed by atoms with Gasteiger partial charge in [-0.3, -0.25) is 9.69 Å². The smallest absolute Gasteiger partial charge is 0.325 e. The molecule has 122 valence electrons. The van der Waals surface area contributed by atoms with Crippen LogP contribution in [0.5, 0.6) is 0 Å². The highest BCUT2D eigenvalue weighted by atomic mass is 35.5. The summed E-state index contributed by atoms with van der Waals surface area (Å²) in [7, 11) is 0. The summed E-state index contributed by atoms with van der Waals surface area (Å²) < 4.78 is 40.9. The van der Waals surface area contributed by atoms with Gasteiger partial charge in [0.05, 0.1) is 13.1 Å². The van der Waals surface area contributed by atoms with Crippen LogP contribution < -0.4 is 5.32 Å². The first-order chi connectivity index (χ1) is 10.8. The number of anilines is 1. The van der Waals surface area contributed by atoms with Gasteiger partial charge in [-0.25, -0.2) is 0 Å². The molecule has 1 unspecified atom stereocenters. The molecule has 1 aromatic carbocycles. The number of benzene rings is 1. The Hall–Kier alpha value is -1.71. The molecule has 1 saturated carbocycles. The molecule has 1 N–H and O–H groups in total. The number of carbonyl (C=O) groups is 1. The molecule has 0 bridgehead atoms. The minimum atomic E-state index is -4.53. The molecule has 0 saturated heterocycles. The fraction of sp³-hybridized carbons (Fsp3) is 0.438. The first kappa shape index (κ1) is 16.2. The standard InChI is InChI=1S/C16H14ClF3N2O/c17-11-5-6-13-12(8-11)15(16(18,19)20)22(9-14(23)21-13)7-1-2-10-3-4-10/h5-6,8,10,15H,3-4,7,9H2,(H,21,23). The Bertz CT molecular complexity index is 689. The van der Waals surface area contributed by atoms with E-state index in [0.29, 0.717) is 5.92 Å². The first-order valence-electron chi connectivity index (χ1n) is 7.23.